The fourth-order valence-electron chi connectivity index (χ4n) is 5.34. The van der Waals surface area contributed by atoms with Crippen LogP contribution in [0.5, 0.6) is 0 Å². The fourth-order valence-corrected chi connectivity index (χ4v) is 5.34. The highest BCUT2D eigenvalue weighted by Gasteiger charge is 2.43. The van der Waals surface area contributed by atoms with Crippen molar-refractivity contribution >= 4 is 11.6 Å². The highest BCUT2D eigenvalue weighted by Crippen LogP contribution is 2.55. The zero-order valence-electron chi connectivity index (χ0n) is 16.8. The average molecular weight is 378 g/mol. The van der Waals surface area contributed by atoms with E-state index in [9.17, 15) is 0 Å². The lowest BCUT2D eigenvalue weighted by Crippen LogP contribution is -2.28. The van der Waals surface area contributed by atoms with Gasteiger partial charge < -0.3 is 5.73 Å². The molecule has 0 aromatic heterocycles. The summed E-state index contributed by atoms with van der Waals surface area (Å²) >= 11 is 0. The molecule has 2 aliphatic rings. The van der Waals surface area contributed by atoms with Gasteiger partial charge in [0.25, 0.3) is 0 Å². The minimum absolute atomic E-state index is 0.208. The maximum atomic E-state index is 5.92. The van der Waals surface area contributed by atoms with Crippen molar-refractivity contribution in [2.75, 3.05) is 0 Å². The van der Waals surface area contributed by atoms with Gasteiger partial charge in [-0.15, -0.1) is 0 Å². The van der Waals surface area contributed by atoms with Gasteiger partial charge in [-0.3, -0.25) is 0 Å². The van der Waals surface area contributed by atoms with Crippen LogP contribution in [0.1, 0.15) is 54.4 Å². The van der Waals surface area contributed by atoms with Gasteiger partial charge in [0, 0.05) is 11.6 Å². The second kappa shape index (κ2) is 7.40. The molecule has 1 fully saturated rings. The minimum Gasteiger partial charge on any atom is -0.404 e. The zero-order chi connectivity index (χ0) is 19.7. The number of fused-ring (bicyclic) bond motifs is 5. The van der Waals surface area contributed by atoms with Gasteiger partial charge in [0.15, 0.2) is 0 Å². The zero-order valence-corrected chi connectivity index (χ0v) is 16.8. The molecule has 0 radical (unpaired) electrons. The van der Waals surface area contributed by atoms with Gasteiger partial charge >= 0.3 is 0 Å². The molecule has 0 heterocycles. The van der Waals surface area contributed by atoms with E-state index in [0.717, 1.165) is 11.1 Å². The molecule has 1 spiro atoms. The molecule has 3 aromatic carbocycles. The molecule has 1 heteroatoms. The van der Waals surface area contributed by atoms with E-state index in [1.165, 1.54) is 54.4 Å². The van der Waals surface area contributed by atoms with Gasteiger partial charge in [-0.2, -0.15) is 0 Å². The van der Waals surface area contributed by atoms with Crippen molar-refractivity contribution in [3.63, 3.8) is 0 Å². The lowest BCUT2D eigenvalue weighted by atomic mass is 9.67. The van der Waals surface area contributed by atoms with Gasteiger partial charge in [0.05, 0.1) is 0 Å². The summed E-state index contributed by atoms with van der Waals surface area (Å²) in [5, 5.41) is 0. The first-order valence-corrected chi connectivity index (χ1v) is 10.7. The largest absolute Gasteiger partial charge is 0.404 e. The van der Waals surface area contributed by atoms with Crippen LogP contribution in [0.15, 0.2) is 85.1 Å². The molecule has 1 nitrogen and oxygen atoms in total. The molecule has 0 amide bonds. The van der Waals surface area contributed by atoms with E-state index in [2.05, 4.69) is 66.7 Å². The molecule has 2 N–H and O–H groups in total. The number of allylic oxidation sites excluding steroid dienone is 2. The normalized spacial score (nSPS) is 17.4. The van der Waals surface area contributed by atoms with Crippen LogP contribution in [0.4, 0.5) is 0 Å². The Morgan fingerprint density at radius 1 is 0.759 bits per heavy atom. The van der Waals surface area contributed by atoms with E-state index in [1.807, 2.05) is 18.2 Å². The quantitative estimate of drug-likeness (QED) is 0.492. The SMILES string of the molecule is N/C=C(\C=C/c1ccc2c(c1)C1(CCCCC1)c1ccccc1-2)c1ccccc1. The molecule has 0 atom stereocenters. The molecular weight excluding hydrogens is 350 g/mol. The topological polar surface area (TPSA) is 26.0 Å². The predicted octanol–water partition coefficient (Wildman–Crippen LogP) is 6.93. The van der Waals surface area contributed by atoms with Crippen molar-refractivity contribution in [1.29, 1.82) is 0 Å². The summed E-state index contributed by atoms with van der Waals surface area (Å²) in [6, 6.07) is 26.4. The van der Waals surface area contributed by atoms with Gasteiger partial charge in [-0.05, 0) is 51.8 Å². The summed E-state index contributed by atoms with van der Waals surface area (Å²) in [5.41, 5.74) is 15.5. The standard InChI is InChI=1S/C28H27N/c29-20-23(22-9-3-1-4-10-22)15-13-21-14-16-25-24-11-5-6-12-26(24)28(27(25)19-21)17-7-2-8-18-28/h1,3-6,9-16,19-20H,2,7-8,17-18,29H2/b15-13-,23-20+. The molecule has 0 saturated heterocycles. The van der Waals surface area contributed by atoms with Crippen molar-refractivity contribution in [1.82, 2.24) is 0 Å². The fraction of sp³-hybridized carbons (Fsp3) is 0.214. The van der Waals surface area contributed by atoms with Crippen molar-refractivity contribution in [3.8, 4) is 11.1 Å². The third-order valence-electron chi connectivity index (χ3n) is 6.74. The maximum absolute atomic E-state index is 5.92. The second-order valence-corrected chi connectivity index (χ2v) is 8.31. The van der Waals surface area contributed by atoms with Gasteiger partial charge in [-0.25, -0.2) is 0 Å². The first-order valence-electron chi connectivity index (χ1n) is 10.7. The Morgan fingerprint density at radius 2 is 1.48 bits per heavy atom. The molecule has 0 unspecified atom stereocenters. The maximum Gasteiger partial charge on any atom is 0.0215 e. The molecule has 1 saturated carbocycles. The molecule has 5 rings (SSSR count). The van der Waals surface area contributed by atoms with Gasteiger partial charge in [0.2, 0.25) is 0 Å². The molecule has 2 aliphatic carbocycles. The van der Waals surface area contributed by atoms with E-state index < -0.39 is 0 Å². The number of benzene rings is 3. The lowest BCUT2D eigenvalue weighted by molar-refractivity contribution is 0.353. The smallest absolute Gasteiger partial charge is 0.0215 e. The van der Waals surface area contributed by atoms with Crippen molar-refractivity contribution < 1.29 is 0 Å². The summed E-state index contributed by atoms with van der Waals surface area (Å²) in [6.07, 6.45) is 12.6. The number of rotatable bonds is 3. The third kappa shape index (κ3) is 3.02. The Bertz CT molecular complexity index is 1080. The van der Waals surface area contributed by atoms with E-state index in [0.29, 0.717) is 0 Å². The first-order chi connectivity index (χ1) is 14.3. The van der Waals surface area contributed by atoms with Crippen LogP contribution in [0.3, 0.4) is 0 Å². The highest BCUT2D eigenvalue weighted by atomic mass is 14.5. The molecule has 144 valence electrons. The molecule has 3 aromatic rings. The number of hydrogen-bond donors (Lipinski definition) is 1. The average Bonchev–Trinajstić information content (AvgIpc) is 3.05. The van der Waals surface area contributed by atoms with E-state index >= 15 is 0 Å². The van der Waals surface area contributed by atoms with Crippen molar-refractivity contribution in [2.45, 2.75) is 37.5 Å². The Kier molecular flexibility index (Phi) is 4.60. The monoisotopic (exact) mass is 377 g/mol. The number of hydrogen-bond acceptors (Lipinski definition) is 1. The number of nitrogens with two attached hydrogens (primary N) is 1. The summed E-state index contributed by atoms with van der Waals surface area (Å²) in [6.45, 7) is 0. The highest BCUT2D eigenvalue weighted by molar-refractivity contribution is 5.84. The second-order valence-electron chi connectivity index (χ2n) is 8.31. The Labute approximate surface area is 173 Å². The van der Waals surface area contributed by atoms with Crippen molar-refractivity contribution in [2.24, 2.45) is 5.73 Å². The first kappa shape index (κ1) is 18.0. The predicted molar refractivity (Wildman–Crippen MR) is 123 cm³/mol. The molecule has 0 bridgehead atoms. The minimum atomic E-state index is 0.208. The molecular formula is C28H27N. The molecule has 29 heavy (non-hydrogen) atoms. The van der Waals surface area contributed by atoms with Crippen LogP contribution >= 0.6 is 0 Å². The lowest BCUT2D eigenvalue weighted by Gasteiger charge is -2.36. The van der Waals surface area contributed by atoms with Crippen LogP contribution < -0.4 is 5.73 Å². The Balaban J connectivity index is 1.55. The molecule has 0 aliphatic heterocycles. The van der Waals surface area contributed by atoms with Crippen LogP contribution in [-0.4, -0.2) is 0 Å². The van der Waals surface area contributed by atoms with Gasteiger partial charge in [0.1, 0.15) is 0 Å². The van der Waals surface area contributed by atoms with Crippen molar-refractivity contribution in [3.05, 3.63) is 107 Å². The van der Waals surface area contributed by atoms with Crippen LogP contribution in [-0.2, 0) is 5.41 Å². The Hall–Kier alpha value is -3.06. The van der Waals surface area contributed by atoms with Crippen LogP contribution in [0.2, 0.25) is 0 Å². The van der Waals surface area contributed by atoms with E-state index in [-0.39, 0.29) is 5.41 Å². The summed E-state index contributed by atoms with van der Waals surface area (Å²) in [7, 11) is 0. The van der Waals surface area contributed by atoms with E-state index in [4.69, 9.17) is 5.73 Å². The van der Waals surface area contributed by atoms with E-state index in [1.54, 1.807) is 11.8 Å². The summed E-state index contributed by atoms with van der Waals surface area (Å²) < 4.78 is 0. The summed E-state index contributed by atoms with van der Waals surface area (Å²) in [5.74, 6) is 0. The summed E-state index contributed by atoms with van der Waals surface area (Å²) in [4.78, 5) is 0. The van der Waals surface area contributed by atoms with Crippen LogP contribution in [0, 0.1) is 0 Å². The van der Waals surface area contributed by atoms with Crippen LogP contribution in [0.25, 0.3) is 22.8 Å². The third-order valence-corrected chi connectivity index (χ3v) is 6.74. The Morgan fingerprint density at radius 3 is 2.28 bits per heavy atom. The van der Waals surface area contributed by atoms with Gasteiger partial charge in [-0.1, -0.05) is 104 Å².